The van der Waals surface area contributed by atoms with Gasteiger partial charge in [-0.1, -0.05) is 41.2 Å². The summed E-state index contributed by atoms with van der Waals surface area (Å²) < 4.78 is 6.09. The van der Waals surface area contributed by atoms with Crippen molar-refractivity contribution >= 4 is 44.1 Å². The number of thiazole rings is 1. The highest BCUT2D eigenvalue weighted by atomic mass is 32.1. The molecule has 2 N–H and O–H groups in total. The maximum absolute atomic E-state index is 13.4. The molecule has 3 aromatic carbocycles. The van der Waals surface area contributed by atoms with Gasteiger partial charge in [-0.2, -0.15) is 0 Å². The lowest BCUT2D eigenvalue weighted by Crippen LogP contribution is -2.29. The number of hydrogen-bond acceptors (Lipinski definition) is 7. The second-order valence-electron chi connectivity index (χ2n) is 8.41. The quantitative estimate of drug-likeness (QED) is 0.232. The Hall–Kier alpha value is -4.17. The van der Waals surface area contributed by atoms with Crippen LogP contribution >= 0.6 is 11.3 Å². The number of ketones is 1. The lowest BCUT2D eigenvalue weighted by Gasteiger charge is -2.23. The fraction of sp³-hybridized carbons (Fsp3) is 0.148. The molecule has 1 fully saturated rings. The number of anilines is 1. The van der Waals surface area contributed by atoms with E-state index in [1.165, 1.54) is 28.4 Å². The molecule has 0 aliphatic carbocycles. The Balaban J connectivity index is 1.74. The minimum Gasteiger partial charge on any atom is -0.508 e. The molecule has 0 bridgehead atoms. The van der Waals surface area contributed by atoms with Crippen molar-refractivity contribution in [2.75, 3.05) is 12.0 Å². The molecule has 7 nitrogen and oxygen atoms in total. The van der Waals surface area contributed by atoms with Crippen molar-refractivity contribution in [2.45, 2.75) is 19.9 Å². The summed E-state index contributed by atoms with van der Waals surface area (Å²) in [6.07, 6.45) is 0. The molecule has 0 radical (unpaired) electrons. The first-order valence-electron chi connectivity index (χ1n) is 10.9. The van der Waals surface area contributed by atoms with Gasteiger partial charge in [0.05, 0.1) is 28.9 Å². The number of fused-ring (bicyclic) bond motifs is 1. The summed E-state index contributed by atoms with van der Waals surface area (Å²) >= 11 is 1.25. The number of aliphatic hydroxyl groups excluding tert-OH is 1. The number of ether oxygens (including phenoxy) is 1. The number of rotatable bonds is 4. The minimum absolute atomic E-state index is 0.0220. The molecule has 1 aliphatic rings. The second-order valence-corrected chi connectivity index (χ2v) is 9.42. The van der Waals surface area contributed by atoms with Gasteiger partial charge in [0.15, 0.2) is 5.13 Å². The molecule has 35 heavy (non-hydrogen) atoms. The van der Waals surface area contributed by atoms with Gasteiger partial charge in [0, 0.05) is 5.56 Å². The first-order chi connectivity index (χ1) is 16.8. The van der Waals surface area contributed by atoms with Gasteiger partial charge in [0.2, 0.25) is 0 Å². The zero-order valence-electron chi connectivity index (χ0n) is 19.3. The number of aryl methyl sites for hydroxylation is 2. The highest BCUT2D eigenvalue weighted by Crippen LogP contribution is 2.45. The first-order valence-corrected chi connectivity index (χ1v) is 11.7. The number of hydrogen-bond donors (Lipinski definition) is 2. The monoisotopic (exact) mass is 486 g/mol. The van der Waals surface area contributed by atoms with E-state index >= 15 is 0 Å². The van der Waals surface area contributed by atoms with Crippen LogP contribution in [-0.2, 0) is 9.59 Å². The third-order valence-electron chi connectivity index (χ3n) is 6.09. The summed E-state index contributed by atoms with van der Waals surface area (Å²) in [7, 11) is 1.57. The largest absolute Gasteiger partial charge is 0.508 e. The van der Waals surface area contributed by atoms with Gasteiger partial charge in [-0.05, 0) is 61.4 Å². The summed E-state index contributed by atoms with van der Waals surface area (Å²) in [5, 5.41) is 21.5. The normalized spacial score (nSPS) is 17.3. The van der Waals surface area contributed by atoms with Crippen molar-refractivity contribution in [1.29, 1.82) is 0 Å². The average Bonchev–Trinajstić information content (AvgIpc) is 3.38. The van der Waals surface area contributed by atoms with Crippen LogP contribution in [0.5, 0.6) is 11.5 Å². The molecule has 1 aromatic heterocycles. The van der Waals surface area contributed by atoms with Crippen molar-refractivity contribution in [3.63, 3.8) is 0 Å². The number of benzene rings is 3. The SMILES string of the molecule is COc1ccc2nc(N3C(=O)C(=O)C(=C(O)c4cc(C)ccc4C)C3c3ccc(O)cc3)sc2c1. The summed E-state index contributed by atoms with van der Waals surface area (Å²) in [5.41, 5.74) is 3.37. The number of carbonyl (C=O) groups is 2. The Bertz CT molecular complexity index is 1520. The molecule has 1 unspecified atom stereocenters. The maximum Gasteiger partial charge on any atom is 0.301 e. The molecule has 1 amide bonds. The number of phenolic OH excluding ortho intramolecular Hbond substituents is 1. The lowest BCUT2D eigenvalue weighted by molar-refractivity contribution is -0.132. The molecule has 2 heterocycles. The molecular formula is C27H22N2O5S. The van der Waals surface area contributed by atoms with Crippen molar-refractivity contribution < 1.29 is 24.5 Å². The molecule has 1 aliphatic heterocycles. The third kappa shape index (κ3) is 3.81. The van der Waals surface area contributed by atoms with E-state index in [1.807, 2.05) is 32.0 Å². The van der Waals surface area contributed by atoms with Crippen LogP contribution in [0.4, 0.5) is 5.13 Å². The maximum atomic E-state index is 13.4. The minimum atomic E-state index is -0.919. The Labute approximate surface area is 205 Å². The Morgan fingerprint density at radius 1 is 1.03 bits per heavy atom. The number of phenols is 1. The lowest BCUT2D eigenvalue weighted by atomic mass is 9.93. The third-order valence-corrected chi connectivity index (χ3v) is 7.11. The van der Waals surface area contributed by atoms with E-state index in [2.05, 4.69) is 4.98 Å². The summed E-state index contributed by atoms with van der Waals surface area (Å²) in [5.74, 6) is -1.11. The van der Waals surface area contributed by atoms with Gasteiger partial charge in [-0.15, -0.1) is 0 Å². The van der Waals surface area contributed by atoms with E-state index in [4.69, 9.17) is 4.74 Å². The van der Waals surface area contributed by atoms with Gasteiger partial charge >= 0.3 is 5.91 Å². The van der Waals surface area contributed by atoms with Crippen molar-refractivity contribution in [2.24, 2.45) is 0 Å². The van der Waals surface area contributed by atoms with Gasteiger partial charge < -0.3 is 14.9 Å². The van der Waals surface area contributed by atoms with Crippen molar-refractivity contribution in [3.05, 3.63) is 88.5 Å². The number of aromatic hydroxyl groups is 1. The molecule has 0 saturated carbocycles. The van der Waals surface area contributed by atoms with Crippen LogP contribution in [0.3, 0.4) is 0 Å². The zero-order valence-corrected chi connectivity index (χ0v) is 20.1. The van der Waals surface area contributed by atoms with E-state index in [0.717, 1.165) is 15.8 Å². The van der Waals surface area contributed by atoms with E-state index < -0.39 is 17.7 Å². The molecule has 4 aromatic rings. The highest BCUT2D eigenvalue weighted by molar-refractivity contribution is 7.22. The molecule has 1 saturated heterocycles. The number of amides is 1. The highest BCUT2D eigenvalue weighted by Gasteiger charge is 2.48. The van der Waals surface area contributed by atoms with Crippen LogP contribution in [0.25, 0.3) is 16.0 Å². The smallest absolute Gasteiger partial charge is 0.301 e. The Kier molecular flexibility index (Phi) is 5.53. The molecule has 5 rings (SSSR count). The fourth-order valence-electron chi connectivity index (χ4n) is 4.26. The van der Waals surface area contributed by atoms with Crippen LogP contribution in [0.1, 0.15) is 28.3 Å². The van der Waals surface area contributed by atoms with Crippen molar-refractivity contribution in [3.8, 4) is 11.5 Å². The predicted molar refractivity (Wildman–Crippen MR) is 135 cm³/mol. The second kappa shape index (κ2) is 8.56. The van der Waals surface area contributed by atoms with E-state index in [-0.39, 0.29) is 17.1 Å². The van der Waals surface area contributed by atoms with Crippen LogP contribution in [0.15, 0.2) is 66.2 Å². The summed E-state index contributed by atoms with van der Waals surface area (Å²) in [4.78, 5) is 32.7. The van der Waals surface area contributed by atoms with Crippen LogP contribution in [0, 0.1) is 13.8 Å². The molecule has 0 spiro atoms. The molecule has 1 atom stereocenters. The number of methoxy groups -OCH3 is 1. The number of carbonyl (C=O) groups excluding carboxylic acids is 2. The Morgan fingerprint density at radius 3 is 2.49 bits per heavy atom. The predicted octanol–water partition coefficient (Wildman–Crippen LogP) is 5.25. The molecular weight excluding hydrogens is 464 g/mol. The van der Waals surface area contributed by atoms with Gasteiger partial charge in [-0.25, -0.2) is 4.98 Å². The first kappa shape index (κ1) is 22.6. The van der Waals surface area contributed by atoms with Crippen LogP contribution in [0.2, 0.25) is 0 Å². The van der Waals surface area contributed by atoms with E-state index in [9.17, 15) is 19.8 Å². The van der Waals surface area contributed by atoms with Gasteiger partial charge in [0.25, 0.3) is 5.78 Å². The van der Waals surface area contributed by atoms with E-state index in [1.54, 1.807) is 37.4 Å². The average molecular weight is 487 g/mol. The standard InChI is InChI=1S/C27H22N2O5S/c1-14-4-5-15(2)19(12-14)24(31)22-23(16-6-8-17(30)9-7-16)29(26(33)25(22)32)27-28-20-11-10-18(34-3)13-21(20)35-27/h4-13,23,30-31H,1-3H3. The molecule has 8 heteroatoms. The van der Waals surface area contributed by atoms with Gasteiger partial charge in [-0.3, -0.25) is 14.5 Å². The number of nitrogens with zero attached hydrogens (tertiary/aromatic N) is 2. The number of aliphatic hydroxyl groups is 1. The number of aromatic nitrogens is 1. The van der Waals surface area contributed by atoms with Gasteiger partial charge in [0.1, 0.15) is 17.3 Å². The molecule has 176 valence electrons. The van der Waals surface area contributed by atoms with Crippen molar-refractivity contribution in [1.82, 2.24) is 4.98 Å². The van der Waals surface area contributed by atoms with E-state index in [0.29, 0.717) is 27.5 Å². The fourth-order valence-corrected chi connectivity index (χ4v) is 5.28. The summed E-state index contributed by atoms with van der Waals surface area (Å²) in [6, 6.07) is 16.3. The topological polar surface area (TPSA) is 100.0 Å². The Morgan fingerprint density at radius 2 is 1.77 bits per heavy atom. The van der Waals surface area contributed by atoms with Crippen LogP contribution < -0.4 is 9.64 Å². The summed E-state index contributed by atoms with van der Waals surface area (Å²) in [6.45, 7) is 3.72. The zero-order chi connectivity index (χ0) is 24.9. The van der Waals surface area contributed by atoms with Crippen LogP contribution in [-0.4, -0.2) is 34.0 Å². The number of Topliss-reactive ketones (excluding diaryl/α,β-unsaturated/α-hetero) is 1.